The zero-order chi connectivity index (χ0) is 43.3. The first-order valence-corrected chi connectivity index (χ1v) is 22.5. The molecule has 0 unspecified atom stereocenters. The Morgan fingerprint density at radius 3 is 1.61 bits per heavy atom. The Hall–Kier alpha value is -8.93. The van der Waals surface area contributed by atoms with Crippen LogP contribution in [-0.4, -0.2) is 24.1 Å². The monoisotopic (exact) mass is 839 g/mol. The molecule has 14 aromatic rings. The van der Waals surface area contributed by atoms with Gasteiger partial charge >= 0.3 is 0 Å². The predicted molar refractivity (Wildman–Crippen MR) is 275 cm³/mol. The van der Waals surface area contributed by atoms with Crippen LogP contribution >= 0.6 is 0 Å². The number of benzene rings is 11. The smallest absolute Gasteiger partial charge is 0.164 e. The summed E-state index contributed by atoms with van der Waals surface area (Å²) in [4.78, 5) is 15.7. The summed E-state index contributed by atoms with van der Waals surface area (Å²) in [5.41, 5.74) is 9.79. The van der Waals surface area contributed by atoms with Gasteiger partial charge in [0.15, 0.2) is 17.5 Å². The number of hydrogen-bond acceptors (Lipinski definition) is 3. The van der Waals surface area contributed by atoms with Gasteiger partial charge in [0.25, 0.3) is 0 Å². The first-order valence-electron chi connectivity index (χ1n) is 22.5. The van der Waals surface area contributed by atoms with Crippen LogP contribution < -0.4 is 0 Å². The van der Waals surface area contributed by atoms with Crippen molar-refractivity contribution >= 4 is 86.7 Å². The maximum atomic E-state index is 5.31. The van der Waals surface area contributed by atoms with E-state index in [2.05, 4.69) is 215 Å². The van der Waals surface area contributed by atoms with Crippen molar-refractivity contribution in [1.29, 1.82) is 0 Å². The van der Waals surface area contributed by atoms with Crippen molar-refractivity contribution in [3.05, 3.63) is 224 Å². The Kier molecular flexibility index (Phi) is 7.91. The standard InChI is InChI=1S/C61H37N5/c1-2-19-40(20-3-1)59-62-60(49-30-14-22-38-17-4-7-23-42(38)49)64-61(63-59)50-31-15-29-46-45(50)28-16-34-52(46)65-54-33-13-11-27-51(54)56-55(65)37-41-21-6-9-25-44(41)58(56)66-53-32-12-10-26-47(53)48-36-35-39-18-5-8-24-43(39)57(48)66/h1-37H. The second-order valence-corrected chi connectivity index (χ2v) is 17.1. The van der Waals surface area contributed by atoms with E-state index in [1.807, 2.05) is 18.2 Å². The zero-order valence-corrected chi connectivity index (χ0v) is 35.6. The van der Waals surface area contributed by atoms with E-state index in [1.54, 1.807) is 0 Å². The highest BCUT2D eigenvalue weighted by atomic mass is 15.0. The van der Waals surface area contributed by atoms with Gasteiger partial charge in [0.2, 0.25) is 0 Å². The SMILES string of the molecule is c1ccc(-c2nc(-c3cccc4ccccc34)nc(-c3cccc4c(-n5c6ccccc6c6c(-n7c8ccccc8c8ccc9ccccc9c87)c7ccccc7cc65)cccc34)n2)cc1. The summed E-state index contributed by atoms with van der Waals surface area (Å²) >= 11 is 0. The minimum atomic E-state index is 0.628. The molecule has 0 saturated carbocycles. The highest BCUT2D eigenvalue weighted by Gasteiger charge is 2.24. The van der Waals surface area contributed by atoms with Gasteiger partial charge in [-0.1, -0.05) is 200 Å². The lowest BCUT2D eigenvalue weighted by atomic mass is 10.0. The molecule has 3 aromatic heterocycles. The van der Waals surface area contributed by atoms with Crippen molar-refractivity contribution < 1.29 is 0 Å². The predicted octanol–water partition coefficient (Wildman–Crippen LogP) is 15.7. The topological polar surface area (TPSA) is 48.5 Å². The minimum absolute atomic E-state index is 0.628. The molecular formula is C61H37N5. The fourth-order valence-electron chi connectivity index (χ4n) is 10.7. The molecule has 306 valence electrons. The zero-order valence-electron chi connectivity index (χ0n) is 35.6. The maximum Gasteiger partial charge on any atom is 0.164 e. The van der Waals surface area contributed by atoms with E-state index in [1.165, 1.54) is 59.8 Å². The molecule has 0 fully saturated rings. The normalized spacial score (nSPS) is 11.9. The van der Waals surface area contributed by atoms with Crippen LogP contribution in [-0.2, 0) is 0 Å². The summed E-state index contributed by atoms with van der Waals surface area (Å²) in [6.07, 6.45) is 0. The summed E-state index contributed by atoms with van der Waals surface area (Å²) < 4.78 is 5.03. The van der Waals surface area contributed by atoms with Gasteiger partial charge in [-0.3, -0.25) is 0 Å². The lowest BCUT2D eigenvalue weighted by Crippen LogP contribution is -2.02. The maximum absolute atomic E-state index is 5.31. The van der Waals surface area contributed by atoms with Gasteiger partial charge in [-0.25, -0.2) is 15.0 Å². The van der Waals surface area contributed by atoms with Crippen LogP contribution in [0.1, 0.15) is 0 Å². The molecule has 0 spiro atoms. The molecule has 0 bridgehead atoms. The summed E-state index contributed by atoms with van der Waals surface area (Å²) in [5.74, 6) is 1.91. The molecule has 5 nitrogen and oxygen atoms in total. The molecule has 5 heteroatoms. The van der Waals surface area contributed by atoms with Gasteiger partial charge in [-0.05, 0) is 51.2 Å². The third-order valence-electron chi connectivity index (χ3n) is 13.5. The van der Waals surface area contributed by atoms with Gasteiger partial charge in [0, 0.05) is 54.4 Å². The molecule has 0 atom stereocenters. The van der Waals surface area contributed by atoms with Crippen LogP contribution in [0.4, 0.5) is 0 Å². The van der Waals surface area contributed by atoms with Crippen molar-refractivity contribution in [3.8, 4) is 45.5 Å². The Labute approximate surface area is 379 Å². The van der Waals surface area contributed by atoms with E-state index in [-0.39, 0.29) is 0 Å². The van der Waals surface area contributed by atoms with E-state index in [4.69, 9.17) is 15.0 Å². The van der Waals surface area contributed by atoms with Crippen molar-refractivity contribution in [1.82, 2.24) is 24.1 Å². The Bertz CT molecular complexity index is 4290. The van der Waals surface area contributed by atoms with E-state index >= 15 is 0 Å². The molecule has 11 aromatic carbocycles. The van der Waals surface area contributed by atoms with Crippen molar-refractivity contribution in [3.63, 3.8) is 0 Å². The highest BCUT2D eigenvalue weighted by molar-refractivity contribution is 6.25. The number of fused-ring (bicyclic) bond motifs is 11. The van der Waals surface area contributed by atoms with Gasteiger partial charge in [-0.2, -0.15) is 0 Å². The first kappa shape index (κ1) is 36.5. The van der Waals surface area contributed by atoms with Gasteiger partial charge in [0.05, 0.1) is 33.4 Å². The number of aromatic nitrogens is 5. The molecule has 0 saturated heterocycles. The fraction of sp³-hybridized carbons (Fsp3) is 0. The van der Waals surface area contributed by atoms with Crippen molar-refractivity contribution in [2.75, 3.05) is 0 Å². The summed E-state index contributed by atoms with van der Waals surface area (Å²) in [6, 6.07) is 80.5. The largest absolute Gasteiger partial charge is 0.309 e. The number of para-hydroxylation sites is 2. The third kappa shape index (κ3) is 5.38. The number of hydrogen-bond donors (Lipinski definition) is 0. The molecule has 0 aliphatic rings. The Morgan fingerprint density at radius 1 is 0.288 bits per heavy atom. The highest BCUT2D eigenvalue weighted by Crippen LogP contribution is 2.46. The number of nitrogens with zero attached hydrogens (tertiary/aromatic N) is 5. The van der Waals surface area contributed by atoms with Crippen LogP contribution in [0.2, 0.25) is 0 Å². The molecule has 0 radical (unpaired) electrons. The van der Waals surface area contributed by atoms with Gasteiger partial charge in [-0.15, -0.1) is 0 Å². The quantitative estimate of drug-likeness (QED) is 0.173. The van der Waals surface area contributed by atoms with Crippen molar-refractivity contribution in [2.24, 2.45) is 0 Å². The number of rotatable bonds is 5. The van der Waals surface area contributed by atoms with Gasteiger partial charge < -0.3 is 9.13 Å². The second-order valence-electron chi connectivity index (χ2n) is 17.1. The van der Waals surface area contributed by atoms with Crippen molar-refractivity contribution in [2.45, 2.75) is 0 Å². The molecular weight excluding hydrogens is 803 g/mol. The summed E-state index contributed by atoms with van der Waals surface area (Å²) in [5, 5.41) is 14.1. The summed E-state index contributed by atoms with van der Waals surface area (Å²) in [6.45, 7) is 0. The second kappa shape index (κ2) is 14.3. The third-order valence-corrected chi connectivity index (χ3v) is 13.5. The molecule has 66 heavy (non-hydrogen) atoms. The average molecular weight is 840 g/mol. The lowest BCUT2D eigenvalue weighted by molar-refractivity contribution is 1.08. The van der Waals surface area contributed by atoms with E-state index in [0.29, 0.717) is 17.5 Å². The molecule has 0 N–H and O–H groups in total. The van der Waals surface area contributed by atoms with Crippen LogP contribution in [0.25, 0.3) is 132 Å². The van der Waals surface area contributed by atoms with E-state index in [9.17, 15) is 0 Å². The van der Waals surface area contributed by atoms with Crippen LogP contribution in [0.5, 0.6) is 0 Å². The average Bonchev–Trinajstić information content (AvgIpc) is 3.90. The molecule has 14 rings (SSSR count). The van der Waals surface area contributed by atoms with Crippen LogP contribution in [0.3, 0.4) is 0 Å². The van der Waals surface area contributed by atoms with E-state index in [0.717, 1.165) is 55.0 Å². The van der Waals surface area contributed by atoms with Gasteiger partial charge in [0.1, 0.15) is 0 Å². The fourth-order valence-corrected chi connectivity index (χ4v) is 10.7. The van der Waals surface area contributed by atoms with E-state index < -0.39 is 0 Å². The molecule has 3 heterocycles. The molecule has 0 aliphatic heterocycles. The molecule has 0 aliphatic carbocycles. The molecule has 0 amide bonds. The Balaban J connectivity index is 1.07. The lowest BCUT2D eigenvalue weighted by Gasteiger charge is -2.17. The minimum Gasteiger partial charge on any atom is -0.309 e. The summed E-state index contributed by atoms with van der Waals surface area (Å²) in [7, 11) is 0. The Morgan fingerprint density at radius 2 is 0.818 bits per heavy atom. The first-order chi connectivity index (χ1) is 32.8. The van der Waals surface area contributed by atoms with Crippen LogP contribution in [0, 0.1) is 0 Å². The van der Waals surface area contributed by atoms with Crippen LogP contribution in [0.15, 0.2) is 224 Å².